The van der Waals surface area contributed by atoms with Crippen LogP contribution in [0.4, 0.5) is 0 Å². The summed E-state index contributed by atoms with van der Waals surface area (Å²) in [6.07, 6.45) is 0. The number of pyridine rings is 1. The molecule has 0 fully saturated rings. The smallest absolute Gasteiger partial charge is 0.262 e. The third-order valence-corrected chi connectivity index (χ3v) is 7.21. The van der Waals surface area contributed by atoms with E-state index in [9.17, 15) is 9.59 Å². The first-order valence-corrected chi connectivity index (χ1v) is 12.2. The average Bonchev–Trinajstić information content (AvgIpc) is 3.24. The fourth-order valence-electron chi connectivity index (χ4n) is 5.35. The van der Waals surface area contributed by atoms with Crippen LogP contribution in [0.5, 0.6) is 23.0 Å². The molecule has 1 aromatic heterocycles. The fraction of sp³-hybridized carbons (Fsp3) is 0.267. The summed E-state index contributed by atoms with van der Waals surface area (Å²) in [6.45, 7) is 0.279. The first-order chi connectivity index (χ1) is 18.4. The molecular weight excluding hydrogens is 484 g/mol. The molecule has 5 rings (SSSR count). The molecule has 3 aromatic carbocycles. The number of methoxy groups -OCH3 is 4. The molecule has 1 unspecified atom stereocenters. The zero-order chi connectivity index (χ0) is 27.1. The number of nitrogens with zero attached hydrogens (tertiary/aromatic N) is 2. The first kappa shape index (κ1) is 25.4. The predicted octanol–water partition coefficient (Wildman–Crippen LogP) is 4.55. The van der Waals surface area contributed by atoms with Gasteiger partial charge in [-0.1, -0.05) is 30.3 Å². The molecule has 4 aromatic rings. The molecule has 38 heavy (non-hydrogen) atoms. The maximum atomic E-state index is 14.3. The Balaban J connectivity index is 1.82. The van der Waals surface area contributed by atoms with Gasteiger partial charge in [0.05, 0.1) is 51.1 Å². The summed E-state index contributed by atoms with van der Waals surface area (Å²) in [5, 5.41) is 0.865. The van der Waals surface area contributed by atoms with E-state index in [1.165, 1.54) is 14.2 Å². The van der Waals surface area contributed by atoms with Crippen molar-refractivity contribution in [1.29, 1.82) is 0 Å². The van der Waals surface area contributed by atoms with E-state index in [0.29, 0.717) is 50.6 Å². The van der Waals surface area contributed by atoms with Gasteiger partial charge in [-0.2, -0.15) is 0 Å². The Morgan fingerprint density at radius 3 is 2.08 bits per heavy atom. The van der Waals surface area contributed by atoms with E-state index in [1.807, 2.05) is 55.4 Å². The highest BCUT2D eigenvalue weighted by Gasteiger charge is 2.34. The van der Waals surface area contributed by atoms with Gasteiger partial charge in [0.2, 0.25) is 0 Å². The number of likely N-dealkylation sites (N-methyl/N-ethyl adjacent to an activating group) is 1. The number of ether oxygens (including phenoxy) is 4. The van der Waals surface area contributed by atoms with Gasteiger partial charge in [0.25, 0.3) is 5.56 Å². The third kappa shape index (κ3) is 3.80. The second-order valence-corrected chi connectivity index (χ2v) is 9.33. The van der Waals surface area contributed by atoms with Crippen LogP contribution in [0.3, 0.4) is 0 Å². The molecule has 0 spiro atoms. The Hall–Kier alpha value is -4.30. The number of rotatable bonds is 8. The number of ketones is 1. The molecule has 196 valence electrons. The zero-order valence-corrected chi connectivity index (χ0v) is 22.3. The van der Waals surface area contributed by atoms with Crippen LogP contribution in [0, 0.1) is 0 Å². The second-order valence-electron chi connectivity index (χ2n) is 9.33. The summed E-state index contributed by atoms with van der Waals surface area (Å²) in [4.78, 5) is 30.1. The number of carbonyl (C=O) groups excluding carboxylic acids is 1. The van der Waals surface area contributed by atoms with E-state index in [2.05, 4.69) is 0 Å². The lowest BCUT2D eigenvalue weighted by Gasteiger charge is -2.28. The zero-order valence-electron chi connectivity index (χ0n) is 22.3. The van der Waals surface area contributed by atoms with Crippen LogP contribution in [0.2, 0.25) is 0 Å². The van der Waals surface area contributed by atoms with Gasteiger partial charge in [-0.25, -0.2) is 0 Å². The Kier molecular flexibility index (Phi) is 6.59. The van der Waals surface area contributed by atoms with Crippen LogP contribution in [0.15, 0.2) is 59.4 Å². The minimum absolute atomic E-state index is 0.117. The number of carbonyl (C=O) groups is 1. The summed E-state index contributed by atoms with van der Waals surface area (Å²) in [5.41, 5.74) is 3.10. The number of benzene rings is 3. The minimum atomic E-state index is -0.258. The van der Waals surface area contributed by atoms with Crippen molar-refractivity contribution >= 4 is 16.6 Å². The van der Waals surface area contributed by atoms with Crippen molar-refractivity contribution in [3.63, 3.8) is 0 Å². The quantitative estimate of drug-likeness (QED) is 0.301. The minimum Gasteiger partial charge on any atom is -0.493 e. The molecule has 1 atom stereocenters. The van der Waals surface area contributed by atoms with Crippen molar-refractivity contribution in [2.45, 2.75) is 12.6 Å². The van der Waals surface area contributed by atoms with Crippen LogP contribution in [-0.4, -0.2) is 57.8 Å². The lowest BCUT2D eigenvalue weighted by molar-refractivity contribution is 0.104. The third-order valence-electron chi connectivity index (χ3n) is 7.21. The molecule has 8 nitrogen and oxygen atoms in total. The molecule has 1 aliphatic carbocycles. The van der Waals surface area contributed by atoms with Gasteiger partial charge in [-0.15, -0.1) is 0 Å². The van der Waals surface area contributed by atoms with E-state index in [4.69, 9.17) is 18.9 Å². The Bertz CT molecular complexity index is 1620. The molecule has 0 N–H and O–H groups in total. The van der Waals surface area contributed by atoms with Gasteiger partial charge in [0.1, 0.15) is 0 Å². The first-order valence-electron chi connectivity index (χ1n) is 12.2. The molecule has 8 heteroatoms. The molecule has 0 amide bonds. The van der Waals surface area contributed by atoms with Gasteiger partial charge in [0.15, 0.2) is 28.8 Å². The predicted molar refractivity (Wildman–Crippen MR) is 146 cm³/mol. The maximum Gasteiger partial charge on any atom is 0.262 e. The van der Waals surface area contributed by atoms with E-state index < -0.39 is 0 Å². The number of hydrogen-bond acceptors (Lipinski definition) is 7. The van der Waals surface area contributed by atoms with Crippen molar-refractivity contribution in [3.05, 3.63) is 81.6 Å². The SMILES string of the molecule is COc1ccc(C(Cn2c3c(c4ccc(OC)c(OC)c4c2=O)C(=O)c2ccccc2-3)N(C)C)cc1OC. The van der Waals surface area contributed by atoms with Gasteiger partial charge in [-0.3, -0.25) is 9.59 Å². The second kappa shape index (κ2) is 9.87. The van der Waals surface area contributed by atoms with E-state index in [1.54, 1.807) is 37.0 Å². The fourth-order valence-corrected chi connectivity index (χ4v) is 5.35. The van der Waals surface area contributed by atoms with Crippen LogP contribution in [-0.2, 0) is 6.54 Å². The highest BCUT2D eigenvalue weighted by molar-refractivity contribution is 6.27. The van der Waals surface area contributed by atoms with Crippen molar-refractivity contribution in [2.24, 2.45) is 0 Å². The van der Waals surface area contributed by atoms with Crippen molar-refractivity contribution in [3.8, 4) is 34.3 Å². The molecule has 0 radical (unpaired) electrons. The number of fused-ring (bicyclic) bond motifs is 5. The highest BCUT2D eigenvalue weighted by Crippen LogP contribution is 2.43. The summed E-state index contributed by atoms with van der Waals surface area (Å²) < 4.78 is 23.8. The van der Waals surface area contributed by atoms with Gasteiger partial charge in [0, 0.05) is 23.1 Å². The van der Waals surface area contributed by atoms with Crippen LogP contribution >= 0.6 is 0 Å². The molecule has 0 saturated heterocycles. The average molecular weight is 515 g/mol. The van der Waals surface area contributed by atoms with Gasteiger partial charge < -0.3 is 28.4 Å². The largest absolute Gasteiger partial charge is 0.493 e. The van der Waals surface area contributed by atoms with Crippen LogP contribution in [0.25, 0.3) is 22.0 Å². The van der Waals surface area contributed by atoms with E-state index in [0.717, 1.165) is 11.1 Å². The molecule has 1 heterocycles. The van der Waals surface area contributed by atoms with Crippen LogP contribution in [0.1, 0.15) is 27.5 Å². The number of hydrogen-bond donors (Lipinski definition) is 0. The standard InChI is InChI=1S/C30H30N2O6/c1-31(2)21(17-11-13-22(35-3)24(15-17)37-5)16-32-27-18-9-7-8-10-19(18)28(33)25(27)20-12-14-23(36-4)29(38-6)26(20)30(32)34/h7-15,21H,16H2,1-6H3. The molecule has 1 aliphatic rings. The van der Waals surface area contributed by atoms with Crippen molar-refractivity contribution < 1.29 is 23.7 Å². The summed E-state index contributed by atoms with van der Waals surface area (Å²) in [7, 11) is 10.1. The molecular formula is C30H30N2O6. The molecule has 0 saturated carbocycles. The van der Waals surface area contributed by atoms with Gasteiger partial charge >= 0.3 is 0 Å². The highest BCUT2D eigenvalue weighted by atomic mass is 16.5. The van der Waals surface area contributed by atoms with Gasteiger partial charge in [-0.05, 0) is 43.9 Å². The molecule has 0 aliphatic heterocycles. The maximum absolute atomic E-state index is 14.3. The lowest BCUT2D eigenvalue weighted by atomic mass is 10.00. The number of aromatic nitrogens is 1. The van der Waals surface area contributed by atoms with Crippen molar-refractivity contribution in [1.82, 2.24) is 9.47 Å². The van der Waals surface area contributed by atoms with E-state index in [-0.39, 0.29) is 23.9 Å². The Labute approximate surface area is 220 Å². The van der Waals surface area contributed by atoms with Crippen molar-refractivity contribution in [2.75, 3.05) is 42.5 Å². The Morgan fingerprint density at radius 2 is 1.45 bits per heavy atom. The monoisotopic (exact) mass is 514 g/mol. The van der Waals surface area contributed by atoms with Crippen LogP contribution < -0.4 is 24.5 Å². The van der Waals surface area contributed by atoms with E-state index >= 15 is 0 Å². The summed E-state index contributed by atoms with van der Waals surface area (Å²) in [5.74, 6) is 1.83. The lowest BCUT2D eigenvalue weighted by Crippen LogP contribution is -2.31. The normalized spacial score (nSPS) is 12.9. The summed E-state index contributed by atoms with van der Waals surface area (Å²) in [6, 6.07) is 16.4. The molecule has 0 bridgehead atoms. The Morgan fingerprint density at radius 1 is 0.789 bits per heavy atom. The summed E-state index contributed by atoms with van der Waals surface area (Å²) >= 11 is 0. The topological polar surface area (TPSA) is 79.2 Å².